The molecule has 4 aromatic rings. The fourth-order valence-electron chi connectivity index (χ4n) is 3.89. The zero-order valence-electron chi connectivity index (χ0n) is 18.3. The van der Waals surface area contributed by atoms with Crippen LogP contribution in [-0.2, 0) is 24.2 Å². The van der Waals surface area contributed by atoms with E-state index in [0.717, 1.165) is 28.8 Å². The van der Waals surface area contributed by atoms with Gasteiger partial charge in [-0.2, -0.15) is 5.10 Å². The van der Waals surface area contributed by atoms with Gasteiger partial charge < -0.3 is 5.32 Å². The maximum Gasteiger partial charge on any atom is 0.225 e. The van der Waals surface area contributed by atoms with Crippen molar-refractivity contribution in [2.75, 3.05) is 0 Å². The number of pyridine rings is 1. The molecule has 6 heteroatoms. The largest absolute Gasteiger partial charge is 0.347 e. The van der Waals surface area contributed by atoms with Crippen molar-refractivity contribution in [3.05, 3.63) is 95.6 Å². The molecule has 32 heavy (non-hydrogen) atoms. The third-order valence-electron chi connectivity index (χ3n) is 5.33. The van der Waals surface area contributed by atoms with Gasteiger partial charge in [0.2, 0.25) is 5.91 Å². The van der Waals surface area contributed by atoms with Crippen LogP contribution in [0.5, 0.6) is 0 Å². The number of hydrogen-bond donors (Lipinski definition) is 1. The maximum absolute atomic E-state index is 14.1. The lowest BCUT2D eigenvalue weighted by Crippen LogP contribution is -2.32. The van der Waals surface area contributed by atoms with E-state index in [1.54, 1.807) is 24.4 Å². The molecular weight excluding hydrogens is 403 g/mol. The van der Waals surface area contributed by atoms with Crippen LogP contribution in [0, 0.1) is 11.7 Å². The SMILES string of the molecule is CC(C)Cn1nc(C(Cc2ccccc2)NC(=O)Cc2ccccc2F)c2cccnc21. The van der Waals surface area contributed by atoms with Crippen LogP contribution in [0.3, 0.4) is 0 Å². The lowest BCUT2D eigenvalue weighted by Gasteiger charge is -2.18. The molecule has 0 aliphatic heterocycles. The molecule has 2 aromatic heterocycles. The fourth-order valence-corrected chi connectivity index (χ4v) is 3.89. The molecule has 1 atom stereocenters. The number of amides is 1. The number of fused-ring (bicyclic) bond motifs is 1. The van der Waals surface area contributed by atoms with E-state index in [1.165, 1.54) is 6.07 Å². The summed E-state index contributed by atoms with van der Waals surface area (Å²) in [4.78, 5) is 17.5. The van der Waals surface area contributed by atoms with E-state index >= 15 is 0 Å². The number of carbonyl (C=O) groups excluding carboxylic acids is 1. The molecule has 0 saturated heterocycles. The van der Waals surface area contributed by atoms with Gasteiger partial charge in [-0.25, -0.2) is 14.1 Å². The van der Waals surface area contributed by atoms with E-state index in [9.17, 15) is 9.18 Å². The average molecular weight is 431 g/mol. The highest BCUT2D eigenvalue weighted by Gasteiger charge is 2.23. The standard InChI is InChI=1S/C26H27FN4O/c1-18(2)17-31-26-21(12-8-14-28-26)25(30-31)23(15-19-9-4-3-5-10-19)29-24(32)16-20-11-6-7-13-22(20)27/h3-14,18,23H,15-17H2,1-2H3,(H,29,32). The Morgan fingerprint density at radius 2 is 1.78 bits per heavy atom. The molecule has 2 aromatic carbocycles. The van der Waals surface area contributed by atoms with Crippen molar-refractivity contribution in [2.45, 2.75) is 39.3 Å². The monoisotopic (exact) mass is 430 g/mol. The number of nitrogens with one attached hydrogen (secondary N) is 1. The second-order valence-electron chi connectivity index (χ2n) is 8.41. The van der Waals surface area contributed by atoms with Gasteiger partial charge in [0.05, 0.1) is 18.2 Å². The predicted molar refractivity (Wildman–Crippen MR) is 123 cm³/mol. The fraction of sp³-hybridized carbons (Fsp3) is 0.269. The number of aromatic nitrogens is 3. The first-order chi connectivity index (χ1) is 15.5. The number of rotatable bonds is 8. The smallest absolute Gasteiger partial charge is 0.225 e. The van der Waals surface area contributed by atoms with Crippen LogP contribution in [0.4, 0.5) is 4.39 Å². The van der Waals surface area contributed by atoms with Gasteiger partial charge >= 0.3 is 0 Å². The first-order valence-corrected chi connectivity index (χ1v) is 10.9. The lowest BCUT2D eigenvalue weighted by atomic mass is 10.0. The Balaban J connectivity index is 1.68. The second kappa shape index (κ2) is 9.73. The Hall–Kier alpha value is -3.54. The lowest BCUT2D eigenvalue weighted by molar-refractivity contribution is -0.121. The van der Waals surface area contributed by atoms with Crippen molar-refractivity contribution in [2.24, 2.45) is 5.92 Å². The van der Waals surface area contributed by atoms with Crippen LogP contribution in [-0.4, -0.2) is 20.7 Å². The minimum atomic E-state index is -0.377. The van der Waals surface area contributed by atoms with Crippen molar-refractivity contribution < 1.29 is 9.18 Å². The van der Waals surface area contributed by atoms with Gasteiger partial charge in [0.25, 0.3) is 0 Å². The minimum Gasteiger partial charge on any atom is -0.347 e. The number of hydrogen-bond acceptors (Lipinski definition) is 3. The van der Waals surface area contributed by atoms with Crippen LogP contribution in [0.15, 0.2) is 72.9 Å². The van der Waals surface area contributed by atoms with Crippen molar-refractivity contribution in [3.8, 4) is 0 Å². The van der Waals surface area contributed by atoms with Crippen LogP contribution in [0.2, 0.25) is 0 Å². The van der Waals surface area contributed by atoms with Crippen molar-refractivity contribution in [3.63, 3.8) is 0 Å². The summed E-state index contributed by atoms with van der Waals surface area (Å²) in [5, 5.41) is 8.89. The van der Waals surface area contributed by atoms with Gasteiger partial charge in [-0.3, -0.25) is 4.79 Å². The molecule has 0 fully saturated rings. The van der Waals surface area contributed by atoms with Gasteiger partial charge in [0.15, 0.2) is 5.65 Å². The summed E-state index contributed by atoms with van der Waals surface area (Å²) in [6, 6.07) is 19.8. The molecule has 0 aliphatic rings. The molecule has 0 aliphatic carbocycles. The summed E-state index contributed by atoms with van der Waals surface area (Å²) in [6.07, 6.45) is 2.31. The molecule has 0 radical (unpaired) electrons. The molecule has 1 unspecified atom stereocenters. The van der Waals surface area contributed by atoms with E-state index in [0.29, 0.717) is 17.9 Å². The van der Waals surface area contributed by atoms with Gasteiger partial charge in [-0.1, -0.05) is 62.4 Å². The van der Waals surface area contributed by atoms with Crippen LogP contribution < -0.4 is 5.32 Å². The van der Waals surface area contributed by atoms with Crippen molar-refractivity contribution >= 4 is 16.9 Å². The van der Waals surface area contributed by atoms with Crippen molar-refractivity contribution in [1.82, 2.24) is 20.1 Å². The predicted octanol–water partition coefficient (Wildman–Crippen LogP) is 4.87. The number of nitrogens with zero attached hydrogens (tertiary/aromatic N) is 3. The van der Waals surface area contributed by atoms with E-state index in [-0.39, 0.29) is 24.2 Å². The van der Waals surface area contributed by atoms with Crippen LogP contribution >= 0.6 is 0 Å². The quantitative estimate of drug-likeness (QED) is 0.434. The molecule has 4 rings (SSSR count). The molecule has 0 saturated carbocycles. The third kappa shape index (κ3) is 5.02. The highest BCUT2D eigenvalue weighted by Crippen LogP contribution is 2.26. The zero-order chi connectivity index (χ0) is 22.5. The average Bonchev–Trinajstić information content (AvgIpc) is 3.13. The van der Waals surface area contributed by atoms with Gasteiger partial charge in [0, 0.05) is 18.1 Å². The summed E-state index contributed by atoms with van der Waals surface area (Å²) in [5.74, 6) is -0.222. The summed E-state index contributed by atoms with van der Waals surface area (Å²) in [6.45, 7) is 5.00. The Morgan fingerprint density at radius 3 is 2.53 bits per heavy atom. The minimum absolute atomic E-state index is 0.0269. The molecule has 0 spiro atoms. The van der Waals surface area contributed by atoms with Gasteiger partial charge in [-0.05, 0) is 41.7 Å². The van der Waals surface area contributed by atoms with E-state index in [1.807, 2.05) is 47.1 Å². The summed E-state index contributed by atoms with van der Waals surface area (Å²) in [5.41, 5.74) is 3.04. The Bertz CT molecular complexity index is 1200. The number of benzene rings is 2. The Labute approximate surface area is 187 Å². The molecule has 164 valence electrons. The molecule has 5 nitrogen and oxygen atoms in total. The van der Waals surface area contributed by atoms with Gasteiger partial charge in [-0.15, -0.1) is 0 Å². The van der Waals surface area contributed by atoms with E-state index in [4.69, 9.17) is 5.10 Å². The first-order valence-electron chi connectivity index (χ1n) is 10.9. The van der Waals surface area contributed by atoms with Crippen LogP contribution in [0.1, 0.15) is 36.7 Å². The molecular formula is C26H27FN4O. The highest BCUT2D eigenvalue weighted by molar-refractivity contribution is 5.82. The van der Waals surface area contributed by atoms with Crippen molar-refractivity contribution in [1.29, 1.82) is 0 Å². The van der Waals surface area contributed by atoms with Gasteiger partial charge in [0.1, 0.15) is 5.82 Å². The molecule has 0 bridgehead atoms. The molecule has 1 N–H and O–H groups in total. The molecule has 1 amide bonds. The molecule has 2 heterocycles. The normalized spacial score (nSPS) is 12.2. The van der Waals surface area contributed by atoms with E-state index in [2.05, 4.69) is 24.1 Å². The van der Waals surface area contributed by atoms with Crippen LogP contribution in [0.25, 0.3) is 11.0 Å². The number of halogens is 1. The second-order valence-corrected chi connectivity index (χ2v) is 8.41. The summed E-state index contributed by atoms with van der Waals surface area (Å²) >= 11 is 0. The summed E-state index contributed by atoms with van der Waals surface area (Å²) < 4.78 is 16.0. The topological polar surface area (TPSA) is 59.8 Å². The maximum atomic E-state index is 14.1. The Kier molecular flexibility index (Phi) is 6.59. The Morgan fingerprint density at radius 1 is 1.03 bits per heavy atom. The third-order valence-corrected chi connectivity index (χ3v) is 5.33. The van der Waals surface area contributed by atoms with E-state index < -0.39 is 0 Å². The highest BCUT2D eigenvalue weighted by atomic mass is 19.1. The first kappa shape index (κ1) is 21.7. The zero-order valence-corrected chi connectivity index (χ0v) is 18.3. The number of carbonyl (C=O) groups is 1. The summed E-state index contributed by atoms with van der Waals surface area (Å²) in [7, 11) is 0.